The lowest BCUT2D eigenvalue weighted by molar-refractivity contribution is 0.575. The van der Waals surface area contributed by atoms with Gasteiger partial charge < -0.3 is 0 Å². The second kappa shape index (κ2) is 6.50. The van der Waals surface area contributed by atoms with Crippen LogP contribution in [-0.4, -0.2) is 9.55 Å². The lowest BCUT2D eigenvalue weighted by Gasteiger charge is -2.19. The third-order valence-electron chi connectivity index (χ3n) is 4.71. The number of hydrogen-bond acceptors (Lipinski definition) is 4. The number of rotatable bonds is 3. The van der Waals surface area contributed by atoms with E-state index >= 15 is 0 Å². The van der Waals surface area contributed by atoms with Crippen LogP contribution in [0.5, 0.6) is 0 Å². The van der Waals surface area contributed by atoms with E-state index < -0.39 is 0 Å². The van der Waals surface area contributed by atoms with Crippen LogP contribution in [0.1, 0.15) is 31.3 Å². The molecule has 2 aromatic heterocycles. The normalized spacial score (nSPS) is 12.5. The smallest absolute Gasteiger partial charge is 0.266 e. The maximum absolute atomic E-state index is 13.3. The highest BCUT2D eigenvalue weighted by Crippen LogP contribution is 2.24. The zero-order valence-corrected chi connectivity index (χ0v) is 15.4. The lowest BCUT2D eigenvalue weighted by atomic mass is 10.1. The first-order chi connectivity index (χ1) is 12.6. The molecule has 0 aliphatic heterocycles. The summed E-state index contributed by atoms with van der Waals surface area (Å²) in [6.07, 6.45) is 0.621. The van der Waals surface area contributed by atoms with Crippen LogP contribution in [0, 0.1) is 0 Å². The van der Waals surface area contributed by atoms with Gasteiger partial charge in [0.15, 0.2) is 0 Å². The second-order valence-electron chi connectivity index (χ2n) is 6.25. The summed E-state index contributed by atoms with van der Waals surface area (Å²) in [5.74, 6) is 0.699. The van der Waals surface area contributed by atoms with Gasteiger partial charge in [-0.3, -0.25) is 14.2 Å². The van der Waals surface area contributed by atoms with E-state index in [9.17, 15) is 9.59 Å². The molecule has 4 aromatic rings. The molecule has 0 saturated carbocycles. The minimum Gasteiger partial charge on any atom is -0.289 e. The maximum atomic E-state index is 13.3. The molecule has 0 saturated heterocycles. The van der Waals surface area contributed by atoms with Gasteiger partial charge in [0.1, 0.15) is 16.0 Å². The molecule has 2 heterocycles. The van der Waals surface area contributed by atoms with Crippen molar-refractivity contribution < 1.29 is 0 Å². The summed E-state index contributed by atoms with van der Waals surface area (Å²) in [4.78, 5) is 31.5. The Morgan fingerprint density at radius 2 is 1.73 bits per heavy atom. The Labute approximate surface area is 154 Å². The average Bonchev–Trinajstić information content (AvgIpc) is 2.68. The van der Waals surface area contributed by atoms with E-state index in [1.54, 1.807) is 10.6 Å². The zero-order valence-electron chi connectivity index (χ0n) is 14.6. The summed E-state index contributed by atoms with van der Waals surface area (Å²) in [5, 5.41) is 0.765. The van der Waals surface area contributed by atoms with E-state index in [-0.39, 0.29) is 22.4 Å². The molecule has 1 unspecified atom stereocenters. The Morgan fingerprint density at radius 1 is 1.04 bits per heavy atom. The van der Waals surface area contributed by atoms with Gasteiger partial charge in [0.25, 0.3) is 5.56 Å². The molecule has 4 rings (SSSR count). The first-order valence-electron chi connectivity index (χ1n) is 8.63. The molecule has 0 aliphatic carbocycles. The van der Waals surface area contributed by atoms with Gasteiger partial charge in [-0.15, -0.1) is 11.3 Å². The van der Waals surface area contributed by atoms with Crippen molar-refractivity contribution in [3.8, 4) is 0 Å². The van der Waals surface area contributed by atoms with Crippen molar-refractivity contribution in [2.24, 2.45) is 0 Å². The molecule has 5 heteroatoms. The Morgan fingerprint density at radius 3 is 2.46 bits per heavy atom. The highest BCUT2D eigenvalue weighted by Gasteiger charge is 2.19. The summed E-state index contributed by atoms with van der Waals surface area (Å²) in [5.41, 5.74) is 0.529. The predicted octanol–water partition coefficient (Wildman–Crippen LogP) is 4.14. The van der Waals surface area contributed by atoms with Crippen molar-refractivity contribution >= 4 is 31.6 Å². The molecule has 0 radical (unpaired) electrons. The Kier molecular flexibility index (Phi) is 4.17. The van der Waals surface area contributed by atoms with Gasteiger partial charge in [-0.05, 0) is 24.6 Å². The monoisotopic (exact) mass is 362 g/mol. The summed E-state index contributed by atoms with van der Waals surface area (Å²) < 4.78 is 2.52. The van der Waals surface area contributed by atoms with Crippen LogP contribution < -0.4 is 11.0 Å². The van der Waals surface area contributed by atoms with Gasteiger partial charge >= 0.3 is 0 Å². The zero-order chi connectivity index (χ0) is 18.3. The molecule has 0 fully saturated rings. The summed E-state index contributed by atoms with van der Waals surface area (Å²) in [6.45, 7) is 3.95. The fraction of sp³-hybridized carbons (Fsp3) is 0.190. The lowest BCUT2D eigenvalue weighted by Crippen LogP contribution is -2.31. The molecule has 0 amide bonds. The third-order valence-corrected chi connectivity index (χ3v) is 5.77. The fourth-order valence-electron chi connectivity index (χ4n) is 3.34. The third kappa shape index (κ3) is 2.56. The van der Waals surface area contributed by atoms with E-state index in [4.69, 9.17) is 4.98 Å². The molecule has 0 spiro atoms. The number of benzene rings is 2. The van der Waals surface area contributed by atoms with E-state index in [1.807, 2.05) is 62.4 Å². The highest BCUT2D eigenvalue weighted by atomic mass is 32.1. The first-order valence-corrected chi connectivity index (χ1v) is 9.45. The minimum atomic E-state index is -0.254. The van der Waals surface area contributed by atoms with Gasteiger partial charge in [0.05, 0.1) is 6.04 Å². The van der Waals surface area contributed by atoms with Crippen LogP contribution in [0.2, 0.25) is 0 Å². The predicted molar refractivity (Wildman–Crippen MR) is 107 cm³/mol. The van der Waals surface area contributed by atoms with Crippen molar-refractivity contribution in [3.05, 3.63) is 86.6 Å². The summed E-state index contributed by atoms with van der Waals surface area (Å²) in [6, 6.07) is 17.0. The van der Waals surface area contributed by atoms with Crippen LogP contribution >= 0.6 is 11.3 Å². The van der Waals surface area contributed by atoms with E-state index in [2.05, 4.69) is 0 Å². The summed E-state index contributed by atoms with van der Waals surface area (Å²) >= 11 is 1.40. The molecular formula is C21H18N2O2S. The number of nitrogens with zero attached hydrogens (tertiary/aromatic N) is 2. The van der Waals surface area contributed by atoms with Crippen molar-refractivity contribution in [3.63, 3.8) is 0 Å². The van der Waals surface area contributed by atoms with Gasteiger partial charge in [-0.1, -0.05) is 49.4 Å². The largest absolute Gasteiger partial charge is 0.289 e. The van der Waals surface area contributed by atoms with E-state index in [0.29, 0.717) is 22.5 Å². The van der Waals surface area contributed by atoms with Crippen LogP contribution in [0.25, 0.3) is 20.3 Å². The molecule has 1 atom stereocenters. The van der Waals surface area contributed by atoms with Crippen LogP contribution in [0.15, 0.2) is 64.2 Å². The number of aryl methyl sites for hydroxylation is 1. The van der Waals surface area contributed by atoms with Crippen LogP contribution in [0.3, 0.4) is 0 Å². The van der Waals surface area contributed by atoms with Crippen molar-refractivity contribution in [2.75, 3.05) is 0 Å². The highest BCUT2D eigenvalue weighted by molar-refractivity contribution is 7.24. The molecule has 2 aromatic carbocycles. The van der Waals surface area contributed by atoms with Gasteiger partial charge in [-0.2, -0.15) is 0 Å². The first kappa shape index (κ1) is 16.7. The van der Waals surface area contributed by atoms with E-state index in [0.717, 1.165) is 10.3 Å². The Balaban J connectivity index is 2.09. The van der Waals surface area contributed by atoms with E-state index in [1.165, 1.54) is 11.3 Å². The maximum Gasteiger partial charge on any atom is 0.266 e. The molecule has 0 bridgehead atoms. The van der Waals surface area contributed by atoms with Crippen molar-refractivity contribution in [1.29, 1.82) is 0 Å². The van der Waals surface area contributed by atoms with Crippen LogP contribution in [-0.2, 0) is 6.42 Å². The van der Waals surface area contributed by atoms with Gasteiger partial charge in [0, 0.05) is 16.5 Å². The second-order valence-corrected chi connectivity index (χ2v) is 7.28. The van der Waals surface area contributed by atoms with Gasteiger partial charge in [0.2, 0.25) is 5.43 Å². The topological polar surface area (TPSA) is 52.0 Å². The molecule has 26 heavy (non-hydrogen) atoms. The molecule has 4 nitrogen and oxygen atoms in total. The minimum absolute atomic E-state index is 0.188. The van der Waals surface area contributed by atoms with Crippen LogP contribution in [0.4, 0.5) is 0 Å². The number of hydrogen-bond donors (Lipinski definition) is 0. The Hall–Kier alpha value is -2.79. The molecule has 130 valence electrons. The molecule has 0 aliphatic rings. The van der Waals surface area contributed by atoms with Crippen molar-refractivity contribution in [2.45, 2.75) is 26.3 Å². The average molecular weight is 362 g/mol. The Bertz CT molecular complexity index is 1230. The quantitative estimate of drug-likeness (QED) is 0.515. The van der Waals surface area contributed by atoms with Crippen molar-refractivity contribution in [1.82, 2.24) is 9.55 Å². The van der Waals surface area contributed by atoms with Gasteiger partial charge in [-0.25, -0.2) is 4.98 Å². The number of fused-ring (bicyclic) bond motifs is 2. The molecular weight excluding hydrogens is 344 g/mol. The number of aromatic nitrogens is 2. The standard InChI is InChI=1S/C21H18N2O2S/c1-3-17-22-20-18(19(24)15-11-7-8-12-16(15)26-20)21(25)23(17)13(2)14-9-5-4-6-10-14/h4-13H,3H2,1-2H3. The molecule has 0 N–H and O–H groups in total. The summed E-state index contributed by atoms with van der Waals surface area (Å²) in [7, 11) is 0. The fourth-order valence-corrected chi connectivity index (χ4v) is 4.39. The SMILES string of the molecule is CCc1nc2sc3ccccc3c(=O)c2c(=O)n1C(C)c1ccccc1.